The van der Waals surface area contributed by atoms with E-state index in [1.54, 1.807) is 29.2 Å². The highest BCUT2D eigenvalue weighted by molar-refractivity contribution is 6.30. The van der Waals surface area contributed by atoms with Gasteiger partial charge in [-0.05, 0) is 17.7 Å². The minimum absolute atomic E-state index is 0.0684. The van der Waals surface area contributed by atoms with Crippen LogP contribution < -0.4 is 10.2 Å². The minimum Gasteiger partial charge on any atom is -0.360 e. The highest BCUT2D eigenvalue weighted by Gasteiger charge is 2.26. The lowest BCUT2D eigenvalue weighted by Gasteiger charge is -2.21. The number of benzene rings is 1. The topological polar surface area (TPSA) is 132 Å². The molecule has 0 radical (unpaired) electrons. The lowest BCUT2D eigenvalue weighted by atomic mass is 10.2. The molecule has 2 aromatic rings. The molecule has 27 heavy (non-hydrogen) atoms. The Kier molecular flexibility index (Phi) is 7.29. The Bertz CT molecular complexity index is 856. The van der Waals surface area contributed by atoms with E-state index in [1.165, 1.54) is 6.33 Å². The van der Waals surface area contributed by atoms with Gasteiger partial charge in [-0.25, -0.2) is 9.97 Å². The Hall–Kier alpha value is -3.43. The van der Waals surface area contributed by atoms with Gasteiger partial charge < -0.3 is 10.2 Å². The van der Waals surface area contributed by atoms with Gasteiger partial charge in [0.15, 0.2) is 0 Å². The zero-order valence-electron chi connectivity index (χ0n) is 14.3. The van der Waals surface area contributed by atoms with Gasteiger partial charge in [-0.3, -0.25) is 10.1 Å². The van der Waals surface area contributed by atoms with E-state index in [4.69, 9.17) is 22.1 Å². The highest BCUT2D eigenvalue weighted by Crippen LogP contribution is 2.32. The monoisotopic (exact) mass is 385 g/mol. The van der Waals surface area contributed by atoms with Gasteiger partial charge in [-0.15, -0.1) is 0 Å². The zero-order valence-corrected chi connectivity index (χ0v) is 15.1. The van der Waals surface area contributed by atoms with Crippen LogP contribution in [0.5, 0.6) is 0 Å². The molecule has 1 N–H and O–H groups in total. The van der Waals surface area contributed by atoms with Crippen molar-refractivity contribution in [1.82, 2.24) is 9.97 Å². The molecule has 0 atom stereocenters. The third-order valence-corrected chi connectivity index (χ3v) is 3.90. The van der Waals surface area contributed by atoms with Gasteiger partial charge in [0, 0.05) is 24.7 Å². The van der Waals surface area contributed by atoms with Crippen LogP contribution in [0.1, 0.15) is 18.4 Å². The second-order valence-corrected chi connectivity index (χ2v) is 5.87. The summed E-state index contributed by atoms with van der Waals surface area (Å²) in [6, 6.07) is 11.0. The summed E-state index contributed by atoms with van der Waals surface area (Å²) in [7, 11) is 0. The van der Waals surface area contributed by atoms with E-state index in [0.29, 0.717) is 11.6 Å². The molecular weight excluding hydrogens is 370 g/mol. The average Bonchev–Trinajstić information content (AvgIpc) is 2.67. The molecule has 0 spiro atoms. The van der Waals surface area contributed by atoms with Gasteiger partial charge >= 0.3 is 5.69 Å². The van der Waals surface area contributed by atoms with E-state index in [-0.39, 0.29) is 43.3 Å². The van der Waals surface area contributed by atoms with Crippen molar-refractivity contribution in [3.63, 3.8) is 0 Å². The molecule has 0 fully saturated rings. The number of nitro groups is 1. The van der Waals surface area contributed by atoms with Crippen molar-refractivity contribution >= 4 is 28.9 Å². The lowest BCUT2D eigenvalue weighted by molar-refractivity contribution is -0.383. The Labute approximate surface area is 161 Å². The fourth-order valence-corrected chi connectivity index (χ4v) is 2.51. The van der Waals surface area contributed by atoms with Crippen LogP contribution in [0.3, 0.4) is 0 Å². The normalized spacial score (nSPS) is 9.89. The van der Waals surface area contributed by atoms with Crippen molar-refractivity contribution in [3.05, 3.63) is 51.3 Å². The molecule has 0 aliphatic heterocycles. The molecule has 9 nitrogen and oxygen atoms in total. The molecule has 1 aromatic carbocycles. The Morgan fingerprint density at radius 2 is 1.78 bits per heavy atom. The number of nitrogens with one attached hydrogen (secondary N) is 1. The first kappa shape index (κ1) is 19.9. The number of anilines is 2. The molecule has 0 bridgehead atoms. The van der Waals surface area contributed by atoms with Crippen molar-refractivity contribution in [1.29, 1.82) is 10.5 Å². The molecular formula is C17H16ClN7O2. The largest absolute Gasteiger partial charge is 0.360 e. The van der Waals surface area contributed by atoms with Crippen molar-refractivity contribution in [3.8, 4) is 12.1 Å². The maximum atomic E-state index is 11.7. The Balaban J connectivity index is 2.31. The summed E-state index contributed by atoms with van der Waals surface area (Å²) >= 11 is 5.85. The predicted molar refractivity (Wildman–Crippen MR) is 100 cm³/mol. The molecule has 10 heteroatoms. The number of rotatable bonds is 9. The second-order valence-electron chi connectivity index (χ2n) is 5.43. The van der Waals surface area contributed by atoms with Crippen LogP contribution in [0.2, 0.25) is 5.02 Å². The van der Waals surface area contributed by atoms with Gasteiger partial charge in [0.25, 0.3) is 0 Å². The summed E-state index contributed by atoms with van der Waals surface area (Å²) in [5.74, 6) is 0.151. The summed E-state index contributed by atoms with van der Waals surface area (Å²) in [5, 5.41) is 32.8. The number of nitrogens with zero attached hydrogens (tertiary/aromatic N) is 6. The molecule has 0 saturated carbocycles. The number of hydrogen-bond acceptors (Lipinski definition) is 8. The number of aromatic nitrogens is 2. The van der Waals surface area contributed by atoms with Gasteiger partial charge in [-0.2, -0.15) is 10.5 Å². The Morgan fingerprint density at radius 1 is 1.15 bits per heavy atom. The van der Waals surface area contributed by atoms with Crippen molar-refractivity contribution in [2.24, 2.45) is 0 Å². The first-order valence-electron chi connectivity index (χ1n) is 8.03. The SMILES string of the molecule is N#CCCN(CCC#N)c1ncnc(NCc2ccc(Cl)cc2)c1[N+](=O)[O-]. The van der Waals surface area contributed by atoms with E-state index < -0.39 is 4.92 Å². The molecule has 0 unspecified atom stereocenters. The van der Waals surface area contributed by atoms with E-state index in [0.717, 1.165) is 5.56 Å². The van der Waals surface area contributed by atoms with Gasteiger partial charge in [0.05, 0.1) is 29.9 Å². The molecule has 0 aliphatic rings. The quantitative estimate of drug-likeness (QED) is 0.513. The summed E-state index contributed by atoms with van der Waals surface area (Å²) in [5.41, 5.74) is 0.585. The van der Waals surface area contributed by atoms with Crippen molar-refractivity contribution in [2.45, 2.75) is 19.4 Å². The third kappa shape index (κ3) is 5.53. The first-order valence-corrected chi connectivity index (χ1v) is 8.41. The van der Waals surface area contributed by atoms with E-state index in [1.807, 2.05) is 12.1 Å². The maximum absolute atomic E-state index is 11.7. The third-order valence-electron chi connectivity index (χ3n) is 3.65. The average molecular weight is 386 g/mol. The van der Waals surface area contributed by atoms with Crippen molar-refractivity contribution < 1.29 is 4.92 Å². The number of nitriles is 2. The van der Waals surface area contributed by atoms with Gasteiger partial charge in [0.2, 0.25) is 11.6 Å². The fourth-order valence-electron chi connectivity index (χ4n) is 2.38. The van der Waals surface area contributed by atoms with E-state index in [9.17, 15) is 10.1 Å². The van der Waals surface area contributed by atoms with Crippen LogP contribution in [0.25, 0.3) is 0 Å². The standard InChI is InChI=1S/C17H16ClN7O2/c18-14-5-3-13(4-6-14)11-21-16-15(25(26)27)17(23-12-22-16)24(9-1-7-19)10-2-8-20/h3-6,12H,1-2,9-11H2,(H,21,22,23). The van der Waals surface area contributed by atoms with E-state index >= 15 is 0 Å². The first-order chi connectivity index (χ1) is 13.1. The summed E-state index contributed by atoms with van der Waals surface area (Å²) < 4.78 is 0. The van der Waals surface area contributed by atoms with Gasteiger partial charge in [-0.1, -0.05) is 23.7 Å². The fraction of sp³-hybridized carbons (Fsp3) is 0.294. The number of hydrogen-bond donors (Lipinski definition) is 1. The Morgan fingerprint density at radius 3 is 2.33 bits per heavy atom. The van der Waals surface area contributed by atoms with E-state index in [2.05, 4.69) is 15.3 Å². The molecule has 0 aliphatic carbocycles. The highest BCUT2D eigenvalue weighted by atomic mass is 35.5. The van der Waals surface area contributed by atoms with Crippen LogP contribution in [0.15, 0.2) is 30.6 Å². The van der Waals surface area contributed by atoms with Crippen molar-refractivity contribution in [2.75, 3.05) is 23.3 Å². The maximum Gasteiger partial charge on any atom is 0.353 e. The number of halogens is 1. The molecule has 138 valence electrons. The van der Waals surface area contributed by atoms with Crippen LogP contribution in [-0.4, -0.2) is 28.0 Å². The predicted octanol–water partition coefficient (Wildman–Crippen LogP) is 3.28. The summed E-state index contributed by atoms with van der Waals surface area (Å²) in [6.07, 6.45) is 1.53. The molecule has 0 saturated heterocycles. The second kappa shape index (κ2) is 9.90. The molecule has 2 rings (SSSR count). The molecule has 0 amide bonds. The molecule has 1 heterocycles. The van der Waals surface area contributed by atoms with Gasteiger partial charge in [0.1, 0.15) is 6.33 Å². The minimum atomic E-state index is -0.564. The summed E-state index contributed by atoms with van der Waals surface area (Å²) in [6.45, 7) is 0.768. The zero-order chi connectivity index (χ0) is 19.6. The smallest absolute Gasteiger partial charge is 0.353 e. The molecule has 1 aromatic heterocycles. The summed E-state index contributed by atoms with van der Waals surface area (Å²) in [4.78, 5) is 20.7. The van der Waals surface area contributed by atoms with Crippen LogP contribution >= 0.6 is 11.6 Å². The van der Waals surface area contributed by atoms with Crippen LogP contribution in [0.4, 0.5) is 17.3 Å². The lowest BCUT2D eigenvalue weighted by Crippen LogP contribution is -2.27. The van der Waals surface area contributed by atoms with Crippen LogP contribution in [-0.2, 0) is 6.54 Å². The van der Waals surface area contributed by atoms with Crippen LogP contribution in [0, 0.1) is 32.8 Å².